The lowest BCUT2D eigenvalue weighted by Gasteiger charge is -2.22. The molecule has 0 unspecified atom stereocenters. The number of carbonyl (C=O) groups excluding carboxylic acids is 1. The molecule has 3 nitrogen and oxygen atoms in total. The molecule has 1 heterocycles. The molecule has 1 aromatic heterocycles. The van der Waals surface area contributed by atoms with Crippen molar-refractivity contribution in [3.63, 3.8) is 0 Å². The van der Waals surface area contributed by atoms with Crippen LogP contribution >= 0.6 is 11.3 Å². The van der Waals surface area contributed by atoms with Gasteiger partial charge in [-0.3, -0.25) is 4.79 Å². The molecule has 0 saturated heterocycles. The molecule has 2 rings (SSSR count). The molecule has 1 aromatic carbocycles. The number of nitrogen functional groups attached to an aromatic ring is 1. The van der Waals surface area contributed by atoms with Gasteiger partial charge < -0.3 is 10.6 Å². The van der Waals surface area contributed by atoms with Gasteiger partial charge in [0.2, 0.25) is 0 Å². The van der Waals surface area contributed by atoms with E-state index < -0.39 is 0 Å². The normalized spacial score (nSPS) is 10.5. The van der Waals surface area contributed by atoms with E-state index in [2.05, 4.69) is 6.92 Å². The highest BCUT2D eigenvalue weighted by atomic mass is 32.1. The van der Waals surface area contributed by atoms with Crippen LogP contribution in [-0.4, -0.2) is 12.5 Å². The number of amides is 1. The average Bonchev–Trinajstić information content (AvgIpc) is 2.80. The summed E-state index contributed by atoms with van der Waals surface area (Å²) in [6.07, 6.45) is 2.04. The number of carbonyl (C=O) groups is 1. The van der Waals surface area contributed by atoms with Crippen molar-refractivity contribution in [2.75, 3.05) is 17.2 Å². The minimum atomic E-state index is 0.0365. The number of hydrogen-bond acceptors (Lipinski definition) is 3. The third kappa shape index (κ3) is 3.20. The zero-order chi connectivity index (χ0) is 14.5. The van der Waals surface area contributed by atoms with Crippen LogP contribution in [0.15, 0.2) is 36.4 Å². The van der Waals surface area contributed by atoms with Gasteiger partial charge in [-0.2, -0.15) is 0 Å². The lowest BCUT2D eigenvalue weighted by atomic mass is 10.2. The molecule has 0 saturated carbocycles. The highest BCUT2D eigenvalue weighted by Gasteiger charge is 2.19. The van der Waals surface area contributed by atoms with Gasteiger partial charge in [-0.05, 0) is 31.5 Å². The molecule has 4 heteroatoms. The molecular weight excluding hydrogens is 268 g/mol. The highest BCUT2D eigenvalue weighted by molar-refractivity contribution is 7.14. The van der Waals surface area contributed by atoms with E-state index in [1.54, 1.807) is 6.07 Å². The van der Waals surface area contributed by atoms with Crippen molar-refractivity contribution in [2.24, 2.45) is 0 Å². The maximum absolute atomic E-state index is 12.7. The molecule has 2 aromatic rings. The fourth-order valence-corrected chi connectivity index (χ4v) is 2.90. The summed E-state index contributed by atoms with van der Waals surface area (Å²) in [5.41, 5.74) is 7.49. The predicted octanol–water partition coefficient (Wildman–Crippen LogP) is 4.09. The number of benzene rings is 1. The van der Waals surface area contributed by atoms with Crippen molar-refractivity contribution in [1.29, 1.82) is 0 Å². The Kier molecular flexibility index (Phi) is 4.79. The third-order valence-corrected chi connectivity index (χ3v) is 4.27. The SMILES string of the molecule is CCCCN(C(=O)c1cc(N)c(C)s1)c1ccccc1. The van der Waals surface area contributed by atoms with Crippen LogP contribution in [0.3, 0.4) is 0 Å². The molecule has 0 aliphatic rings. The summed E-state index contributed by atoms with van der Waals surface area (Å²) in [5.74, 6) is 0.0365. The van der Waals surface area contributed by atoms with Crippen LogP contribution < -0.4 is 10.6 Å². The molecule has 0 aliphatic carbocycles. The number of para-hydroxylation sites is 1. The molecule has 0 atom stereocenters. The van der Waals surface area contributed by atoms with Crippen LogP contribution in [0.5, 0.6) is 0 Å². The van der Waals surface area contributed by atoms with Gasteiger partial charge in [0.25, 0.3) is 5.91 Å². The number of anilines is 2. The second-order valence-corrected chi connectivity index (χ2v) is 6.02. The lowest BCUT2D eigenvalue weighted by Crippen LogP contribution is -2.31. The van der Waals surface area contributed by atoms with E-state index in [4.69, 9.17) is 5.73 Å². The van der Waals surface area contributed by atoms with Gasteiger partial charge in [-0.15, -0.1) is 11.3 Å². The first-order chi connectivity index (χ1) is 9.63. The Balaban J connectivity index is 2.28. The van der Waals surface area contributed by atoms with E-state index in [1.807, 2.05) is 42.2 Å². The van der Waals surface area contributed by atoms with Gasteiger partial charge in [0.15, 0.2) is 0 Å². The Morgan fingerprint density at radius 2 is 2.00 bits per heavy atom. The fraction of sp³-hybridized carbons (Fsp3) is 0.312. The Labute approximate surface area is 124 Å². The molecule has 20 heavy (non-hydrogen) atoms. The molecule has 2 N–H and O–H groups in total. The number of rotatable bonds is 5. The van der Waals surface area contributed by atoms with Crippen molar-refractivity contribution >= 4 is 28.6 Å². The molecular formula is C16H20N2OS. The standard InChI is InChI=1S/C16H20N2OS/c1-3-4-10-18(13-8-6-5-7-9-13)16(19)15-11-14(17)12(2)20-15/h5-9,11H,3-4,10,17H2,1-2H3. The van der Waals surface area contributed by atoms with Crippen molar-refractivity contribution in [3.05, 3.63) is 46.2 Å². The monoisotopic (exact) mass is 288 g/mol. The predicted molar refractivity (Wildman–Crippen MR) is 86.5 cm³/mol. The van der Waals surface area contributed by atoms with Gasteiger partial charge in [-0.1, -0.05) is 31.5 Å². The van der Waals surface area contributed by atoms with Crippen LogP contribution in [0.4, 0.5) is 11.4 Å². The summed E-state index contributed by atoms with van der Waals surface area (Å²) in [6, 6.07) is 11.6. The average molecular weight is 288 g/mol. The number of hydrogen-bond donors (Lipinski definition) is 1. The number of nitrogens with two attached hydrogens (primary N) is 1. The summed E-state index contributed by atoms with van der Waals surface area (Å²) in [7, 11) is 0. The van der Waals surface area contributed by atoms with E-state index in [9.17, 15) is 4.79 Å². The Morgan fingerprint density at radius 1 is 1.30 bits per heavy atom. The van der Waals surface area contributed by atoms with Crippen LogP contribution in [0.2, 0.25) is 0 Å². The Hall–Kier alpha value is -1.81. The van der Waals surface area contributed by atoms with E-state index in [0.29, 0.717) is 10.6 Å². The van der Waals surface area contributed by atoms with E-state index in [0.717, 1.165) is 30.0 Å². The Bertz CT molecular complexity index is 558. The van der Waals surface area contributed by atoms with Crippen molar-refractivity contribution in [3.8, 4) is 0 Å². The second kappa shape index (κ2) is 6.57. The zero-order valence-corrected chi connectivity index (χ0v) is 12.7. The number of unbranched alkanes of at least 4 members (excludes halogenated alkanes) is 1. The topological polar surface area (TPSA) is 46.3 Å². The van der Waals surface area contributed by atoms with Gasteiger partial charge in [0.1, 0.15) is 0 Å². The number of aryl methyl sites for hydroxylation is 1. The maximum atomic E-state index is 12.7. The molecule has 0 fully saturated rings. The molecule has 0 bridgehead atoms. The summed E-state index contributed by atoms with van der Waals surface area (Å²) >= 11 is 1.46. The quantitative estimate of drug-likeness (QED) is 0.901. The van der Waals surface area contributed by atoms with Crippen molar-refractivity contribution < 1.29 is 4.79 Å². The molecule has 106 valence electrons. The van der Waals surface area contributed by atoms with Gasteiger partial charge in [-0.25, -0.2) is 0 Å². The first kappa shape index (κ1) is 14.6. The Morgan fingerprint density at radius 3 is 2.55 bits per heavy atom. The first-order valence-electron chi connectivity index (χ1n) is 6.86. The van der Waals surface area contributed by atoms with Crippen molar-refractivity contribution in [1.82, 2.24) is 0 Å². The summed E-state index contributed by atoms with van der Waals surface area (Å²) < 4.78 is 0. The third-order valence-electron chi connectivity index (χ3n) is 3.22. The summed E-state index contributed by atoms with van der Waals surface area (Å²) in [4.78, 5) is 16.2. The summed E-state index contributed by atoms with van der Waals surface area (Å²) in [6.45, 7) is 4.80. The first-order valence-corrected chi connectivity index (χ1v) is 7.68. The fourth-order valence-electron chi connectivity index (χ4n) is 2.01. The largest absolute Gasteiger partial charge is 0.398 e. The van der Waals surface area contributed by atoms with Crippen molar-refractivity contribution in [2.45, 2.75) is 26.7 Å². The number of nitrogens with zero attached hydrogens (tertiary/aromatic N) is 1. The van der Waals surface area contributed by atoms with Crippen LogP contribution in [0, 0.1) is 6.92 Å². The van der Waals surface area contributed by atoms with E-state index in [1.165, 1.54) is 11.3 Å². The van der Waals surface area contributed by atoms with Crippen LogP contribution in [0.1, 0.15) is 34.3 Å². The minimum absolute atomic E-state index is 0.0365. The molecule has 0 aliphatic heterocycles. The molecule has 1 amide bonds. The highest BCUT2D eigenvalue weighted by Crippen LogP contribution is 2.26. The zero-order valence-electron chi connectivity index (χ0n) is 11.9. The smallest absolute Gasteiger partial charge is 0.268 e. The summed E-state index contributed by atoms with van der Waals surface area (Å²) in [5, 5.41) is 0. The second-order valence-electron chi connectivity index (χ2n) is 4.77. The van der Waals surface area contributed by atoms with Gasteiger partial charge in [0, 0.05) is 22.8 Å². The minimum Gasteiger partial charge on any atom is -0.398 e. The van der Waals surface area contributed by atoms with Gasteiger partial charge in [0.05, 0.1) is 4.88 Å². The van der Waals surface area contributed by atoms with E-state index >= 15 is 0 Å². The number of thiophene rings is 1. The molecule has 0 radical (unpaired) electrons. The van der Waals surface area contributed by atoms with Crippen LogP contribution in [0.25, 0.3) is 0 Å². The molecule has 0 spiro atoms. The van der Waals surface area contributed by atoms with Crippen LogP contribution in [-0.2, 0) is 0 Å². The maximum Gasteiger partial charge on any atom is 0.268 e. The van der Waals surface area contributed by atoms with Gasteiger partial charge >= 0.3 is 0 Å². The lowest BCUT2D eigenvalue weighted by molar-refractivity contribution is 0.0990. The van der Waals surface area contributed by atoms with E-state index in [-0.39, 0.29) is 5.91 Å².